The van der Waals surface area contributed by atoms with E-state index in [1.807, 2.05) is 36.4 Å². The van der Waals surface area contributed by atoms with Crippen molar-refractivity contribution in [1.82, 2.24) is 14.5 Å². The molecule has 3 aromatic carbocycles. The zero-order valence-electron chi connectivity index (χ0n) is 23.0. The molecule has 2 aromatic heterocycles. The lowest BCUT2D eigenvalue weighted by atomic mass is 10.1. The first-order valence-electron chi connectivity index (χ1n) is 14.2. The fourth-order valence-corrected chi connectivity index (χ4v) is 6.02. The van der Waals surface area contributed by atoms with Crippen LogP contribution in [0.3, 0.4) is 0 Å². The number of para-hydroxylation sites is 2. The third-order valence-corrected chi connectivity index (χ3v) is 8.55. The maximum Gasteiger partial charge on any atom is 0.335 e. The molecular weight excluding hydrogens is 556 g/mol. The number of nitrogens with zero attached hydrogens (tertiary/aromatic N) is 4. The molecule has 0 spiro atoms. The molecule has 7 rings (SSSR count). The van der Waals surface area contributed by atoms with Crippen LogP contribution in [-0.2, 0) is 24.4 Å². The summed E-state index contributed by atoms with van der Waals surface area (Å²) in [6, 6.07) is 19.0. The normalized spacial score (nSPS) is 17.5. The Kier molecular flexibility index (Phi) is 7.23. The van der Waals surface area contributed by atoms with Gasteiger partial charge < -0.3 is 28.5 Å². The van der Waals surface area contributed by atoms with Crippen molar-refractivity contribution in [2.45, 2.75) is 32.2 Å². The van der Waals surface area contributed by atoms with E-state index in [-0.39, 0.29) is 11.7 Å². The number of piperazine rings is 1. The Bertz CT molecular complexity index is 1750. The summed E-state index contributed by atoms with van der Waals surface area (Å²) < 4.78 is 19.9. The van der Waals surface area contributed by atoms with Crippen LogP contribution in [0.1, 0.15) is 28.2 Å². The minimum Gasteiger partial charge on any atom is -0.487 e. The number of carboxylic acids is 1. The predicted octanol–water partition coefficient (Wildman–Crippen LogP) is 5.82. The largest absolute Gasteiger partial charge is 0.487 e. The highest BCUT2D eigenvalue weighted by Gasteiger charge is 2.25. The summed E-state index contributed by atoms with van der Waals surface area (Å²) in [6.45, 7) is 5.93. The average molecular weight is 587 g/mol. The number of fused-ring (bicyclic) bond motifs is 2. The van der Waals surface area contributed by atoms with Gasteiger partial charge in [0.05, 0.1) is 52.8 Å². The van der Waals surface area contributed by atoms with Crippen LogP contribution in [-0.4, -0.2) is 64.4 Å². The lowest BCUT2D eigenvalue weighted by Gasteiger charge is -2.36. The molecule has 0 saturated carbocycles. The second kappa shape index (κ2) is 11.3. The number of carbonyl (C=O) groups is 1. The minimum atomic E-state index is -0.936. The van der Waals surface area contributed by atoms with E-state index in [1.165, 1.54) is 0 Å². The quantitative estimate of drug-likeness (QED) is 0.231. The molecule has 5 aromatic rings. The van der Waals surface area contributed by atoms with Crippen molar-refractivity contribution >= 4 is 45.3 Å². The number of furan rings is 1. The van der Waals surface area contributed by atoms with Crippen LogP contribution < -0.4 is 9.64 Å². The molecule has 1 atom stereocenters. The van der Waals surface area contributed by atoms with E-state index in [0.717, 1.165) is 84.0 Å². The molecule has 2 fully saturated rings. The van der Waals surface area contributed by atoms with Gasteiger partial charge in [-0.1, -0.05) is 29.8 Å². The molecule has 4 heterocycles. The molecule has 0 amide bonds. The standard InChI is InChI=1S/C32H31ClN4O5/c33-25-7-5-22(31-24(25)10-16-41-31)20-42-29-4-2-1-3-27(29)36-13-11-35(12-14-36)19-30-34-26-8-6-21(32(38)39)17-28(26)37(30)18-23-9-15-40-23/h1-8,10,16-17,23H,9,11-15,18-20H2,(H,38,39)/t23-/m0/s1. The van der Waals surface area contributed by atoms with Crippen molar-refractivity contribution in [3.05, 3.63) is 88.9 Å². The molecule has 2 aliphatic heterocycles. The number of imidazole rings is 1. The Labute approximate surface area is 247 Å². The van der Waals surface area contributed by atoms with Crippen molar-refractivity contribution in [1.29, 1.82) is 0 Å². The molecular formula is C32H31ClN4O5. The van der Waals surface area contributed by atoms with Gasteiger partial charge in [-0.15, -0.1) is 0 Å². The van der Waals surface area contributed by atoms with Crippen LogP contribution in [0.5, 0.6) is 5.75 Å². The van der Waals surface area contributed by atoms with Gasteiger partial charge in [0.2, 0.25) is 0 Å². The lowest BCUT2D eigenvalue weighted by Crippen LogP contribution is -2.46. The molecule has 0 radical (unpaired) electrons. The highest BCUT2D eigenvalue weighted by atomic mass is 35.5. The van der Waals surface area contributed by atoms with Crippen molar-refractivity contribution < 1.29 is 23.8 Å². The number of hydrogen-bond donors (Lipinski definition) is 1. The molecule has 0 bridgehead atoms. The predicted molar refractivity (Wildman–Crippen MR) is 161 cm³/mol. The van der Waals surface area contributed by atoms with Crippen molar-refractivity contribution in [2.24, 2.45) is 0 Å². The SMILES string of the molecule is O=C(O)c1ccc2nc(CN3CCN(c4ccccc4OCc4ccc(Cl)c5ccoc45)CC3)n(C[C@@H]3CCO3)c2c1. The number of hydrogen-bond acceptors (Lipinski definition) is 7. The number of rotatable bonds is 9. The van der Waals surface area contributed by atoms with E-state index in [1.54, 1.807) is 24.5 Å². The first-order chi connectivity index (χ1) is 20.5. The smallest absolute Gasteiger partial charge is 0.335 e. The molecule has 10 heteroatoms. The summed E-state index contributed by atoms with van der Waals surface area (Å²) in [7, 11) is 0. The first kappa shape index (κ1) is 26.8. The molecule has 2 aliphatic rings. The Balaban J connectivity index is 1.04. The fourth-order valence-electron chi connectivity index (χ4n) is 5.80. The Morgan fingerprint density at radius 2 is 1.90 bits per heavy atom. The van der Waals surface area contributed by atoms with Gasteiger partial charge in [0.25, 0.3) is 0 Å². The van der Waals surface area contributed by atoms with E-state index < -0.39 is 5.97 Å². The van der Waals surface area contributed by atoms with E-state index in [2.05, 4.69) is 20.4 Å². The minimum absolute atomic E-state index is 0.139. The number of aromatic carboxylic acids is 1. The lowest BCUT2D eigenvalue weighted by molar-refractivity contribution is -0.0592. The summed E-state index contributed by atoms with van der Waals surface area (Å²) in [5.74, 6) is 0.832. The highest BCUT2D eigenvalue weighted by molar-refractivity contribution is 6.35. The van der Waals surface area contributed by atoms with Gasteiger partial charge in [0.1, 0.15) is 23.8 Å². The molecule has 0 unspecified atom stereocenters. The molecule has 42 heavy (non-hydrogen) atoms. The first-order valence-corrected chi connectivity index (χ1v) is 14.6. The number of halogens is 1. The summed E-state index contributed by atoms with van der Waals surface area (Å²) in [4.78, 5) is 21.3. The number of aromatic nitrogens is 2. The number of anilines is 1. The van der Waals surface area contributed by atoms with Crippen LogP contribution in [0.4, 0.5) is 5.69 Å². The zero-order valence-corrected chi connectivity index (χ0v) is 23.8. The molecule has 1 N–H and O–H groups in total. The number of carboxylic acid groups (broad SMARTS) is 1. The van der Waals surface area contributed by atoms with Gasteiger partial charge in [-0.2, -0.15) is 0 Å². The third-order valence-electron chi connectivity index (χ3n) is 8.23. The van der Waals surface area contributed by atoms with Crippen molar-refractivity contribution in [3.63, 3.8) is 0 Å². The topological polar surface area (TPSA) is 93.2 Å². The van der Waals surface area contributed by atoms with Gasteiger partial charge in [-0.3, -0.25) is 4.90 Å². The van der Waals surface area contributed by atoms with Crippen LogP contribution in [0, 0.1) is 0 Å². The number of ether oxygens (including phenoxy) is 2. The van der Waals surface area contributed by atoms with Gasteiger partial charge >= 0.3 is 5.97 Å². The van der Waals surface area contributed by atoms with Crippen molar-refractivity contribution in [3.8, 4) is 5.75 Å². The highest BCUT2D eigenvalue weighted by Crippen LogP contribution is 2.32. The molecule has 0 aliphatic carbocycles. The summed E-state index contributed by atoms with van der Waals surface area (Å²) >= 11 is 6.31. The second-order valence-electron chi connectivity index (χ2n) is 10.8. The summed E-state index contributed by atoms with van der Waals surface area (Å²) in [5.41, 5.74) is 4.69. The Morgan fingerprint density at radius 3 is 2.69 bits per heavy atom. The van der Waals surface area contributed by atoms with E-state index in [4.69, 9.17) is 30.5 Å². The Morgan fingerprint density at radius 1 is 1.07 bits per heavy atom. The average Bonchev–Trinajstić information content (AvgIpc) is 3.61. The Hall–Kier alpha value is -4.05. The van der Waals surface area contributed by atoms with Gasteiger partial charge in [-0.05, 0) is 48.9 Å². The molecule has 216 valence electrons. The second-order valence-corrected chi connectivity index (χ2v) is 11.2. The summed E-state index contributed by atoms with van der Waals surface area (Å²) in [5, 5.41) is 11.1. The van der Waals surface area contributed by atoms with Crippen LogP contribution in [0.2, 0.25) is 5.02 Å². The van der Waals surface area contributed by atoms with Crippen molar-refractivity contribution in [2.75, 3.05) is 37.7 Å². The van der Waals surface area contributed by atoms with Gasteiger partial charge in [-0.25, -0.2) is 9.78 Å². The molecule has 9 nitrogen and oxygen atoms in total. The monoisotopic (exact) mass is 586 g/mol. The third kappa shape index (κ3) is 5.19. The number of benzene rings is 3. The van der Waals surface area contributed by atoms with Crippen LogP contribution in [0.15, 0.2) is 71.3 Å². The zero-order chi connectivity index (χ0) is 28.6. The molecule has 2 saturated heterocycles. The fraction of sp³-hybridized carbons (Fsp3) is 0.312. The van der Waals surface area contributed by atoms with Crippen LogP contribution in [0.25, 0.3) is 22.0 Å². The van der Waals surface area contributed by atoms with Crippen LogP contribution >= 0.6 is 11.6 Å². The van der Waals surface area contributed by atoms with E-state index in [0.29, 0.717) is 24.7 Å². The van der Waals surface area contributed by atoms with Gasteiger partial charge in [0, 0.05) is 43.7 Å². The maximum atomic E-state index is 11.6. The maximum absolute atomic E-state index is 11.6. The summed E-state index contributed by atoms with van der Waals surface area (Å²) in [6.07, 6.45) is 2.79. The van der Waals surface area contributed by atoms with E-state index in [9.17, 15) is 9.90 Å². The van der Waals surface area contributed by atoms with Gasteiger partial charge in [0.15, 0.2) is 0 Å². The van der Waals surface area contributed by atoms with E-state index >= 15 is 0 Å².